The highest BCUT2D eigenvalue weighted by Gasteiger charge is 2.22. The van der Waals surface area contributed by atoms with Crippen LogP contribution < -0.4 is 10.5 Å². The molecule has 2 rings (SSSR count). The first-order valence-corrected chi connectivity index (χ1v) is 9.60. The molecule has 0 aliphatic heterocycles. The van der Waals surface area contributed by atoms with E-state index < -0.39 is 10.0 Å². The van der Waals surface area contributed by atoms with E-state index in [0.29, 0.717) is 14.6 Å². The number of rotatable bonds is 3. The van der Waals surface area contributed by atoms with E-state index in [4.69, 9.17) is 5.73 Å². The van der Waals surface area contributed by atoms with Crippen molar-refractivity contribution in [2.24, 2.45) is 0 Å². The monoisotopic (exact) mass is 496 g/mol. The van der Waals surface area contributed by atoms with E-state index in [-0.39, 0.29) is 10.6 Å². The zero-order valence-electron chi connectivity index (χ0n) is 10.8. The number of aryl methyl sites for hydroxylation is 1. The van der Waals surface area contributed by atoms with E-state index in [9.17, 15) is 8.42 Å². The van der Waals surface area contributed by atoms with Crippen LogP contribution in [0.15, 0.2) is 48.6 Å². The average Bonchev–Trinajstić information content (AvgIpc) is 2.31. The van der Waals surface area contributed by atoms with Crippen LogP contribution in [0.2, 0.25) is 0 Å². The summed E-state index contributed by atoms with van der Waals surface area (Å²) < 4.78 is 29.5. The summed E-state index contributed by atoms with van der Waals surface area (Å²) in [5.41, 5.74) is 7.40. The van der Waals surface area contributed by atoms with Crippen molar-refractivity contribution in [3.8, 4) is 0 Å². The minimum Gasteiger partial charge on any atom is -0.398 e. The summed E-state index contributed by atoms with van der Waals surface area (Å²) in [4.78, 5) is 0.0197. The zero-order valence-corrected chi connectivity index (χ0v) is 16.4. The second-order valence-electron chi connectivity index (χ2n) is 4.38. The highest BCUT2D eigenvalue weighted by molar-refractivity contribution is 9.11. The van der Waals surface area contributed by atoms with E-state index in [2.05, 4.69) is 52.5 Å². The fourth-order valence-electron chi connectivity index (χ4n) is 1.78. The van der Waals surface area contributed by atoms with Gasteiger partial charge in [-0.15, -0.1) is 0 Å². The van der Waals surface area contributed by atoms with Crippen LogP contribution >= 0.6 is 47.8 Å². The van der Waals surface area contributed by atoms with E-state index in [1.165, 1.54) is 0 Å². The second kappa shape index (κ2) is 6.28. The summed E-state index contributed by atoms with van der Waals surface area (Å²) in [5, 5.41) is 0. The van der Waals surface area contributed by atoms with Gasteiger partial charge in [0.25, 0.3) is 10.0 Å². The van der Waals surface area contributed by atoms with Gasteiger partial charge in [-0.2, -0.15) is 0 Å². The number of halogens is 3. The summed E-state index contributed by atoms with van der Waals surface area (Å²) in [6.45, 7) is 1.88. The largest absolute Gasteiger partial charge is 0.398 e. The molecule has 112 valence electrons. The average molecular weight is 499 g/mol. The minimum atomic E-state index is -3.78. The molecule has 0 atom stereocenters. The van der Waals surface area contributed by atoms with Crippen LogP contribution in [0.1, 0.15) is 5.56 Å². The third-order valence-electron chi connectivity index (χ3n) is 2.72. The molecule has 21 heavy (non-hydrogen) atoms. The molecular formula is C13H11Br3N2O2S. The predicted molar refractivity (Wildman–Crippen MR) is 95.9 cm³/mol. The Bertz CT molecular complexity index is 784. The molecule has 0 bridgehead atoms. The van der Waals surface area contributed by atoms with Gasteiger partial charge in [0.15, 0.2) is 0 Å². The maximum Gasteiger partial charge on any atom is 0.265 e. The number of nitrogens with one attached hydrogen (secondary N) is 1. The Kier molecular flexibility index (Phi) is 5.02. The topological polar surface area (TPSA) is 72.2 Å². The smallest absolute Gasteiger partial charge is 0.265 e. The first-order chi connectivity index (χ1) is 9.70. The van der Waals surface area contributed by atoms with Gasteiger partial charge in [-0.3, -0.25) is 4.72 Å². The lowest BCUT2D eigenvalue weighted by Crippen LogP contribution is -2.15. The Hall–Kier alpha value is -0.570. The van der Waals surface area contributed by atoms with Gasteiger partial charge in [0.1, 0.15) is 4.90 Å². The van der Waals surface area contributed by atoms with E-state index in [1.54, 1.807) is 30.3 Å². The summed E-state index contributed by atoms with van der Waals surface area (Å²) in [5.74, 6) is 0. The lowest BCUT2D eigenvalue weighted by molar-refractivity contribution is 0.601. The van der Waals surface area contributed by atoms with Crippen LogP contribution in [-0.2, 0) is 10.0 Å². The second-order valence-corrected chi connectivity index (χ2v) is 8.62. The normalized spacial score (nSPS) is 11.4. The molecular weight excluding hydrogens is 488 g/mol. The molecule has 0 saturated heterocycles. The molecule has 0 heterocycles. The van der Waals surface area contributed by atoms with Gasteiger partial charge in [-0.1, -0.05) is 31.9 Å². The SMILES string of the molecule is Cc1cc(NS(=O)(=O)c2c(N)cc(Br)cc2Br)ccc1Br. The Labute approximate surface area is 148 Å². The lowest BCUT2D eigenvalue weighted by Gasteiger charge is -2.13. The number of nitrogen functional groups attached to an aromatic ring is 1. The molecule has 0 saturated carbocycles. The highest BCUT2D eigenvalue weighted by Crippen LogP contribution is 2.33. The van der Waals surface area contributed by atoms with Crippen LogP contribution in [0.25, 0.3) is 0 Å². The lowest BCUT2D eigenvalue weighted by atomic mass is 10.2. The van der Waals surface area contributed by atoms with E-state index in [0.717, 1.165) is 10.0 Å². The van der Waals surface area contributed by atoms with Gasteiger partial charge in [0.05, 0.1) is 5.69 Å². The summed E-state index contributed by atoms with van der Waals surface area (Å²) in [7, 11) is -3.78. The Morgan fingerprint density at radius 2 is 1.71 bits per heavy atom. The maximum absolute atomic E-state index is 12.5. The molecule has 0 spiro atoms. The van der Waals surface area contributed by atoms with E-state index in [1.807, 2.05) is 6.92 Å². The van der Waals surface area contributed by atoms with Gasteiger partial charge >= 0.3 is 0 Å². The molecule has 0 amide bonds. The van der Waals surface area contributed by atoms with Gasteiger partial charge < -0.3 is 5.73 Å². The van der Waals surface area contributed by atoms with Crippen molar-refractivity contribution < 1.29 is 8.42 Å². The fourth-order valence-corrected chi connectivity index (χ4v) is 5.15. The Morgan fingerprint density at radius 3 is 2.29 bits per heavy atom. The van der Waals surface area contributed by atoms with Crippen molar-refractivity contribution in [3.63, 3.8) is 0 Å². The van der Waals surface area contributed by atoms with Crippen molar-refractivity contribution in [2.45, 2.75) is 11.8 Å². The first-order valence-electron chi connectivity index (χ1n) is 5.74. The Morgan fingerprint density at radius 1 is 1.05 bits per heavy atom. The molecule has 0 radical (unpaired) electrons. The molecule has 2 aromatic rings. The number of benzene rings is 2. The van der Waals surface area contributed by atoms with Crippen molar-refractivity contribution in [2.75, 3.05) is 10.5 Å². The predicted octanol–water partition coefficient (Wildman–Crippen LogP) is 4.67. The molecule has 0 aliphatic carbocycles. The van der Waals surface area contributed by atoms with Crippen molar-refractivity contribution in [1.29, 1.82) is 0 Å². The zero-order chi connectivity index (χ0) is 15.8. The summed E-state index contributed by atoms with van der Waals surface area (Å²) in [6, 6.07) is 8.39. The molecule has 0 unspecified atom stereocenters. The van der Waals surface area contributed by atoms with Crippen LogP contribution in [0.4, 0.5) is 11.4 Å². The first kappa shape index (κ1) is 16.8. The molecule has 0 aliphatic rings. The van der Waals surface area contributed by atoms with Crippen LogP contribution in [0.3, 0.4) is 0 Å². The summed E-state index contributed by atoms with van der Waals surface area (Å²) >= 11 is 9.88. The standard InChI is InChI=1S/C13H11Br3N2O2S/c1-7-4-9(2-3-10(7)15)18-21(19,20)13-11(16)5-8(14)6-12(13)17/h2-6,18H,17H2,1H3. The van der Waals surface area contributed by atoms with Crippen LogP contribution in [0.5, 0.6) is 0 Å². The number of anilines is 2. The number of hydrogen-bond acceptors (Lipinski definition) is 3. The molecule has 2 aromatic carbocycles. The van der Waals surface area contributed by atoms with Crippen LogP contribution in [0, 0.1) is 6.92 Å². The van der Waals surface area contributed by atoms with Crippen molar-refractivity contribution in [3.05, 3.63) is 49.3 Å². The highest BCUT2D eigenvalue weighted by atomic mass is 79.9. The van der Waals surface area contributed by atoms with Crippen LogP contribution in [-0.4, -0.2) is 8.42 Å². The molecule has 0 aromatic heterocycles. The van der Waals surface area contributed by atoms with E-state index >= 15 is 0 Å². The maximum atomic E-state index is 12.5. The van der Waals surface area contributed by atoms with Crippen molar-refractivity contribution in [1.82, 2.24) is 0 Å². The van der Waals surface area contributed by atoms with Gasteiger partial charge in [0, 0.05) is 19.1 Å². The third kappa shape index (κ3) is 3.80. The number of sulfonamides is 1. The fraction of sp³-hybridized carbons (Fsp3) is 0.0769. The van der Waals surface area contributed by atoms with Gasteiger partial charge in [0.2, 0.25) is 0 Å². The molecule has 0 fully saturated rings. The minimum absolute atomic E-state index is 0.0197. The molecule has 3 N–H and O–H groups in total. The third-order valence-corrected chi connectivity index (χ3v) is 6.45. The number of nitrogens with two attached hydrogens (primary N) is 1. The Balaban J connectivity index is 2.46. The number of hydrogen-bond donors (Lipinski definition) is 2. The van der Waals surface area contributed by atoms with Gasteiger partial charge in [-0.25, -0.2) is 8.42 Å². The summed E-state index contributed by atoms with van der Waals surface area (Å²) in [6.07, 6.45) is 0. The molecule has 8 heteroatoms. The van der Waals surface area contributed by atoms with Gasteiger partial charge in [-0.05, 0) is 58.7 Å². The molecule has 4 nitrogen and oxygen atoms in total. The van der Waals surface area contributed by atoms with Crippen molar-refractivity contribution >= 4 is 69.2 Å². The quantitative estimate of drug-likeness (QED) is 0.604.